The minimum Gasteiger partial charge on any atom is -0.233 e. The Morgan fingerprint density at radius 1 is 0.981 bits per heavy atom. The van der Waals surface area contributed by atoms with Crippen molar-refractivity contribution in [1.82, 2.24) is 9.97 Å². The van der Waals surface area contributed by atoms with Crippen LogP contribution in [0.4, 0.5) is 0 Å². The molecule has 0 spiro atoms. The van der Waals surface area contributed by atoms with E-state index in [0.717, 1.165) is 79.7 Å². The van der Waals surface area contributed by atoms with Crippen LogP contribution in [0.2, 0.25) is 0 Å². The molecule has 2 nitrogen and oxygen atoms in total. The van der Waals surface area contributed by atoms with Gasteiger partial charge in [-0.25, -0.2) is 9.97 Å². The average molecular weight is 709 g/mol. The van der Waals surface area contributed by atoms with Gasteiger partial charge in [-0.1, -0.05) is 154 Å². The van der Waals surface area contributed by atoms with Gasteiger partial charge in [0, 0.05) is 28.5 Å². The first kappa shape index (κ1) is 38.4. The van der Waals surface area contributed by atoms with Crippen molar-refractivity contribution in [1.29, 1.82) is 0 Å². The second-order valence-electron chi connectivity index (χ2n) is 14.6. The average Bonchev–Trinajstić information content (AvgIpc) is 3.54. The van der Waals surface area contributed by atoms with Crippen LogP contribution in [-0.4, -0.2) is 9.97 Å². The smallest absolute Gasteiger partial charge is 0.160 e. The Kier molecular flexibility index (Phi) is 12.9. The van der Waals surface area contributed by atoms with Gasteiger partial charge < -0.3 is 0 Å². The molecule has 2 aromatic carbocycles. The predicted molar refractivity (Wildman–Crippen MR) is 233 cm³/mol. The Morgan fingerprint density at radius 2 is 1.81 bits per heavy atom. The van der Waals surface area contributed by atoms with E-state index in [0.29, 0.717) is 5.92 Å². The molecule has 1 aromatic heterocycles. The molecule has 3 atom stereocenters. The number of aromatic nitrogens is 2. The van der Waals surface area contributed by atoms with E-state index in [1.807, 2.05) is 12.2 Å². The fraction of sp³-hybridized carbons (Fsp3) is 0.269. The van der Waals surface area contributed by atoms with Crippen molar-refractivity contribution in [2.75, 3.05) is 0 Å². The first-order valence-electron chi connectivity index (χ1n) is 19.9. The highest BCUT2D eigenvalue weighted by atomic mass is 14.9. The molecule has 0 amide bonds. The minimum atomic E-state index is -0.357. The third kappa shape index (κ3) is 8.24. The van der Waals surface area contributed by atoms with Gasteiger partial charge in [-0.2, -0.15) is 0 Å². The van der Waals surface area contributed by atoms with Gasteiger partial charge in [-0.05, 0) is 116 Å². The Hall–Kier alpha value is -5.34. The first-order chi connectivity index (χ1) is 26.4. The van der Waals surface area contributed by atoms with Crippen LogP contribution in [0, 0.1) is 0 Å². The van der Waals surface area contributed by atoms with Crippen molar-refractivity contribution in [2.45, 2.75) is 89.4 Å². The second kappa shape index (κ2) is 18.1. The van der Waals surface area contributed by atoms with E-state index in [-0.39, 0.29) is 11.3 Å². The first-order valence-corrected chi connectivity index (χ1v) is 19.9. The molecule has 3 aliphatic carbocycles. The van der Waals surface area contributed by atoms with Crippen molar-refractivity contribution in [2.24, 2.45) is 0 Å². The van der Waals surface area contributed by atoms with E-state index in [9.17, 15) is 0 Å². The van der Waals surface area contributed by atoms with Gasteiger partial charge in [0.15, 0.2) is 5.82 Å². The Morgan fingerprint density at radius 3 is 2.54 bits per heavy atom. The van der Waals surface area contributed by atoms with Crippen LogP contribution in [0.15, 0.2) is 171 Å². The monoisotopic (exact) mass is 708 g/mol. The summed E-state index contributed by atoms with van der Waals surface area (Å²) in [5, 5.41) is 0. The quantitative estimate of drug-likeness (QED) is 0.0892. The van der Waals surface area contributed by atoms with Crippen LogP contribution < -0.4 is 0 Å². The fourth-order valence-electron chi connectivity index (χ4n) is 8.29. The summed E-state index contributed by atoms with van der Waals surface area (Å²) in [7, 11) is 0. The molecule has 54 heavy (non-hydrogen) atoms. The van der Waals surface area contributed by atoms with E-state index in [4.69, 9.17) is 16.5 Å². The largest absolute Gasteiger partial charge is 0.233 e. The number of benzene rings is 2. The topological polar surface area (TPSA) is 25.8 Å². The molecule has 0 radical (unpaired) electrons. The highest BCUT2D eigenvalue weighted by molar-refractivity contribution is 5.75. The molecular formula is C52H56N2. The standard InChI is InChI=1S/C52H56N2/c1-7-12-16-27-47-36-50(40-22-17-15-18-23-40)54-51(53-47)41-30-28-39(29-31-41)42-24-19-25-43(34-42)44-32-33-48-45(20-10-4)37-52(49(48)35-44,38(6)21-13-8-2)46(11-5)26-14-9-3/h7,9-11,13-14,17,19-26,28-33,35-36,43,45H,1,5-6,8,12,15-16,18,27,34,37H2,2-4H3/b14-9-,20-10-,21-13-,46-26+. The lowest BCUT2D eigenvalue weighted by atomic mass is 9.68. The van der Waals surface area contributed by atoms with Gasteiger partial charge >= 0.3 is 0 Å². The van der Waals surface area contributed by atoms with Crippen LogP contribution in [0.25, 0.3) is 22.5 Å². The van der Waals surface area contributed by atoms with Gasteiger partial charge in [-0.3, -0.25) is 0 Å². The SMILES string of the molecule is C=CCCCc1cc(C2=CCCC=C2)nc(-c2ccc(C3=CC=CC(c4ccc5c(c4)C(C(=C)/C=C\CC)(/C(C=C)=C/C=C\C)CC5/C=C\C)C3)cc2)n1. The molecular weight excluding hydrogens is 653 g/mol. The van der Waals surface area contributed by atoms with Gasteiger partial charge in [-0.15, -0.1) is 6.58 Å². The lowest BCUT2D eigenvalue weighted by Crippen LogP contribution is -2.27. The van der Waals surface area contributed by atoms with Gasteiger partial charge in [0.2, 0.25) is 0 Å². The lowest BCUT2D eigenvalue weighted by Gasteiger charge is -2.34. The summed E-state index contributed by atoms with van der Waals surface area (Å²) < 4.78 is 0. The predicted octanol–water partition coefficient (Wildman–Crippen LogP) is 14.0. The zero-order valence-corrected chi connectivity index (χ0v) is 32.6. The maximum atomic E-state index is 5.07. The summed E-state index contributed by atoms with van der Waals surface area (Å²) in [6.07, 6.45) is 41.0. The number of unbranched alkanes of at least 4 members (excludes halogenated alkanes) is 1. The molecule has 6 rings (SSSR count). The number of fused-ring (bicyclic) bond motifs is 1. The van der Waals surface area contributed by atoms with Crippen LogP contribution >= 0.6 is 0 Å². The van der Waals surface area contributed by atoms with Crippen LogP contribution in [-0.2, 0) is 11.8 Å². The lowest BCUT2D eigenvalue weighted by molar-refractivity contribution is 0.582. The number of hydrogen-bond donors (Lipinski definition) is 0. The minimum absolute atomic E-state index is 0.259. The molecule has 2 heteroatoms. The summed E-state index contributed by atoms with van der Waals surface area (Å²) in [5.41, 5.74) is 12.9. The van der Waals surface area contributed by atoms with Gasteiger partial charge in [0.1, 0.15) is 0 Å². The molecule has 1 heterocycles. The number of aryl methyl sites for hydroxylation is 1. The molecule has 3 aromatic rings. The summed E-state index contributed by atoms with van der Waals surface area (Å²) in [6.45, 7) is 19.3. The van der Waals surface area contributed by atoms with Crippen LogP contribution in [0.5, 0.6) is 0 Å². The summed E-state index contributed by atoms with van der Waals surface area (Å²) >= 11 is 0. The zero-order chi connectivity index (χ0) is 37.9. The van der Waals surface area contributed by atoms with E-state index >= 15 is 0 Å². The molecule has 3 unspecified atom stereocenters. The van der Waals surface area contributed by atoms with Crippen molar-refractivity contribution < 1.29 is 0 Å². The van der Waals surface area contributed by atoms with E-state index in [1.165, 1.54) is 39.0 Å². The number of hydrogen-bond acceptors (Lipinski definition) is 2. The normalized spacial score (nSPS) is 21.1. The highest BCUT2D eigenvalue weighted by Gasteiger charge is 2.46. The Bertz CT molecular complexity index is 2100. The molecule has 0 N–H and O–H groups in total. The van der Waals surface area contributed by atoms with Crippen LogP contribution in [0.1, 0.15) is 111 Å². The molecule has 0 fully saturated rings. The van der Waals surface area contributed by atoms with Crippen molar-refractivity contribution >= 4 is 11.1 Å². The molecule has 0 bridgehead atoms. The Labute approximate surface area is 325 Å². The van der Waals surface area contributed by atoms with Gasteiger partial charge in [0.25, 0.3) is 0 Å². The van der Waals surface area contributed by atoms with Crippen molar-refractivity contribution in [3.8, 4) is 11.4 Å². The Balaban J connectivity index is 1.31. The number of nitrogens with zero attached hydrogens (tertiary/aromatic N) is 2. The molecule has 3 aliphatic rings. The van der Waals surface area contributed by atoms with E-state index in [1.54, 1.807) is 0 Å². The number of rotatable bonds is 15. The summed E-state index contributed by atoms with van der Waals surface area (Å²) in [4.78, 5) is 10.1. The maximum absolute atomic E-state index is 5.07. The third-order valence-corrected chi connectivity index (χ3v) is 11.1. The summed E-state index contributed by atoms with van der Waals surface area (Å²) in [6, 6.07) is 18.2. The van der Waals surface area contributed by atoms with E-state index < -0.39 is 0 Å². The molecule has 0 saturated heterocycles. The van der Waals surface area contributed by atoms with Crippen molar-refractivity contribution in [3.63, 3.8) is 0 Å². The summed E-state index contributed by atoms with van der Waals surface area (Å²) in [5.74, 6) is 1.35. The molecule has 0 saturated carbocycles. The van der Waals surface area contributed by atoms with E-state index in [2.05, 4.69) is 161 Å². The second-order valence-corrected chi connectivity index (χ2v) is 14.6. The fourth-order valence-corrected chi connectivity index (χ4v) is 8.29. The van der Waals surface area contributed by atoms with Gasteiger partial charge in [0.05, 0.1) is 5.69 Å². The molecule has 274 valence electrons. The zero-order valence-electron chi connectivity index (χ0n) is 32.6. The highest BCUT2D eigenvalue weighted by Crippen LogP contribution is 2.56. The van der Waals surface area contributed by atoms with Crippen molar-refractivity contribution in [3.05, 3.63) is 204 Å². The third-order valence-electron chi connectivity index (χ3n) is 11.1. The number of allylic oxidation sites excluding steroid dienone is 19. The maximum Gasteiger partial charge on any atom is 0.160 e. The van der Waals surface area contributed by atoms with Crippen LogP contribution in [0.3, 0.4) is 0 Å². The molecule has 0 aliphatic heterocycles.